The fourth-order valence-corrected chi connectivity index (χ4v) is 5.78. The highest BCUT2D eigenvalue weighted by atomic mass is 19.1. The monoisotopic (exact) mass is 464 g/mol. The van der Waals surface area contributed by atoms with Crippen LogP contribution in [0, 0.1) is 17.7 Å². The number of imide groups is 1. The first-order chi connectivity index (χ1) is 16.5. The van der Waals surface area contributed by atoms with Gasteiger partial charge in [0.15, 0.2) is 5.54 Å². The Morgan fingerprint density at radius 2 is 1.76 bits per heavy atom. The maximum absolute atomic E-state index is 13.9. The number of pyridine rings is 1. The molecule has 1 N–H and O–H groups in total. The molecule has 1 aromatic carbocycles. The predicted octanol–water partition coefficient (Wildman–Crippen LogP) is 3.60. The van der Waals surface area contributed by atoms with E-state index in [9.17, 15) is 18.8 Å². The number of nitrogens with one attached hydrogen (secondary N) is 1. The minimum atomic E-state index is -1.23. The first-order valence-electron chi connectivity index (χ1n) is 12.1. The van der Waals surface area contributed by atoms with Crippen LogP contribution in [0.15, 0.2) is 48.8 Å². The standard InChI is InChI=1S/C26H29FN4O3/c27-22-9-7-18(8-10-22)17-31-24(33)26(29-25(31)34,21-6-3-13-28-16-21)20-11-14-30(15-12-20)23(32)19-4-1-2-5-19/h3,6-10,13,16,19-20H,1-2,4-5,11-12,14-15,17H2,(H,29,34)/t26-/m0/s1. The SMILES string of the molecule is O=C(C1CCCC1)N1CCC([C@@]2(c3cccnc3)NC(=O)N(Cc3ccc(F)cc3)C2=O)CC1. The van der Waals surface area contributed by atoms with Gasteiger partial charge in [-0.3, -0.25) is 19.5 Å². The third-order valence-corrected chi connectivity index (χ3v) is 7.63. The number of amides is 4. The molecule has 0 spiro atoms. The lowest BCUT2D eigenvalue weighted by Crippen LogP contribution is -2.54. The molecule has 0 radical (unpaired) electrons. The van der Waals surface area contributed by atoms with Crippen LogP contribution in [0.2, 0.25) is 0 Å². The van der Waals surface area contributed by atoms with Crippen LogP contribution in [0.4, 0.5) is 9.18 Å². The Balaban J connectivity index is 1.39. The number of carbonyl (C=O) groups is 3. The van der Waals surface area contributed by atoms with Crippen LogP contribution in [0.3, 0.4) is 0 Å². The molecular weight excluding hydrogens is 435 g/mol. The molecule has 0 unspecified atom stereocenters. The molecule has 2 saturated heterocycles. The zero-order chi connectivity index (χ0) is 23.7. The summed E-state index contributed by atoms with van der Waals surface area (Å²) >= 11 is 0. The minimum Gasteiger partial charge on any atom is -0.342 e. The first-order valence-corrected chi connectivity index (χ1v) is 12.1. The van der Waals surface area contributed by atoms with E-state index < -0.39 is 11.6 Å². The van der Waals surface area contributed by atoms with Crippen molar-refractivity contribution in [2.75, 3.05) is 13.1 Å². The number of piperidine rings is 1. The maximum Gasteiger partial charge on any atom is 0.325 e. The van der Waals surface area contributed by atoms with Gasteiger partial charge in [0.1, 0.15) is 5.82 Å². The van der Waals surface area contributed by atoms with Crippen LogP contribution in [0.25, 0.3) is 0 Å². The van der Waals surface area contributed by atoms with E-state index in [1.165, 1.54) is 17.0 Å². The summed E-state index contributed by atoms with van der Waals surface area (Å²) in [5, 5.41) is 3.00. The lowest BCUT2D eigenvalue weighted by Gasteiger charge is -2.41. The van der Waals surface area contributed by atoms with E-state index in [2.05, 4.69) is 10.3 Å². The summed E-state index contributed by atoms with van der Waals surface area (Å²) in [4.78, 5) is 47.2. The molecule has 7 nitrogen and oxygen atoms in total. The highest BCUT2D eigenvalue weighted by Crippen LogP contribution is 2.42. The molecule has 1 aromatic heterocycles. The van der Waals surface area contributed by atoms with Gasteiger partial charge >= 0.3 is 6.03 Å². The molecule has 2 aliphatic heterocycles. The largest absolute Gasteiger partial charge is 0.342 e. The Morgan fingerprint density at radius 3 is 2.41 bits per heavy atom. The van der Waals surface area contributed by atoms with Crippen molar-refractivity contribution < 1.29 is 18.8 Å². The second kappa shape index (κ2) is 9.16. The number of carbonyl (C=O) groups excluding carboxylic acids is 3. The van der Waals surface area contributed by atoms with Crippen LogP contribution in [0.1, 0.15) is 49.7 Å². The van der Waals surface area contributed by atoms with E-state index in [-0.39, 0.29) is 36.0 Å². The third kappa shape index (κ3) is 3.95. The Labute approximate surface area is 198 Å². The van der Waals surface area contributed by atoms with Crippen LogP contribution < -0.4 is 5.32 Å². The topological polar surface area (TPSA) is 82.6 Å². The van der Waals surface area contributed by atoms with Gasteiger partial charge in [-0.1, -0.05) is 31.0 Å². The number of halogens is 1. The summed E-state index contributed by atoms with van der Waals surface area (Å²) in [6, 6.07) is 8.90. The number of aromatic nitrogens is 1. The van der Waals surface area contributed by atoms with E-state index in [4.69, 9.17) is 0 Å². The second-order valence-electron chi connectivity index (χ2n) is 9.58. The van der Waals surface area contributed by atoms with Crippen molar-refractivity contribution in [1.29, 1.82) is 0 Å². The van der Waals surface area contributed by atoms with Gasteiger partial charge in [0.25, 0.3) is 5.91 Å². The number of hydrogen-bond acceptors (Lipinski definition) is 4. The number of benzene rings is 1. The fourth-order valence-electron chi connectivity index (χ4n) is 5.78. The molecule has 3 heterocycles. The van der Waals surface area contributed by atoms with Crippen molar-refractivity contribution in [2.45, 2.75) is 50.6 Å². The number of likely N-dealkylation sites (tertiary alicyclic amines) is 1. The third-order valence-electron chi connectivity index (χ3n) is 7.63. The molecular formula is C26H29FN4O3. The van der Waals surface area contributed by atoms with Crippen molar-refractivity contribution >= 4 is 17.8 Å². The zero-order valence-electron chi connectivity index (χ0n) is 19.1. The number of nitrogens with zero attached hydrogens (tertiary/aromatic N) is 3. The van der Waals surface area contributed by atoms with Crippen LogP contribution >= 0.6 is 0 Å². The Hall–Kier alpha value is -3.29. The normalized spacial score (nSPS) is 24.0. The van der Waals surface area contributed by atoms with E-state index >= 15 is 0 Å². The Kier molecular flexibility index (Phi) is 6.06. The van der Waals surface area contributed by atoms with Crippen molar-refractivity contribution in [3.05, 3.63) is 65.7 Å². The van der Waals surface area contributed by atoms with Crippen molar-refractivity contribution in [3.63, 3.8) is 0 Å². The summed E-state index contributed by atoms with van der Waals surface area (Å²) in [5.74, 6) is -0.507. The quantitative estimate of drug-likeness (QED) is 0.686. The molecule has 5 rings (SSSR count). The average Bonchev–Trinajstić information content (AvgIpc) is 3.49. The zero-order valence-corrected chi connectivity index (χ0v) is 19.1. The molecule has 1 aliphatic carbocycles. The smallest absolute Gasteiger partial charge is 0.325 e. The summed E-state index contributed by atoms with van der Waals surface area (Å²) < 4.78 is 13.3. The molecule has 4 amide bonds. The van der Waals surface area contributed by atoms with Crippen LogP contribution in [0.5, 0.6) is 0 Å². The molecule has 8 heteroatoms. The molecule has 1 saturated carbocycles. The molecule has 3 aliphatic rings. The summed E-state index contributed by atoms with van der Waals surface area (Å²) in [6.45, 7) is 1.21. The molecule has 2 aromatic rings. The van der Waals surface area contributed by atoms with Crippen molar-refractivity contribution in [1.82, 2.24) is 20.1 Å². The maximum atomic E-state index is 13.9. The fraction of sp³-hybridized carbons (Fsp3) is 0.462. The Morgan fingerprint density at radius 1 is 1.06 bits per heavy atom. The lowest BCUT2D eigenvalue weighted by atomic mass is 9.73. The number of urea groups is 1. The lowest BCUT2D eigenvalue weighted by molar-refractivity contribution is -0.139. The molecule has 1 atom stereocenters. The minimum absolute atomic E-state index is 0.0615. The van der Waals surface area contributed by atoms with Gasteiger partial charge in [-0.25, -0.2) is 9.18 Å². The van der Waals surface area contributed by atoms with Gasteiger partial charge in [-0.2, -0.15) is 0 Å². The highest BCUT2D eigenvalue weighted by molar-refractivity contribution is 6.07. The molecule has 34 heavy (non-hydrogen) atoms. The summed E-state index contributed by atoms with van der Waals surface area (Å²) in [6.07, 6.45) is 8.65. The van der Waals surface area contributed by atoms with Gasteiger partial charge < -0.3 is 10.2 Å². The molecule has 0 bridgehead atoms. The van der Waals surface area contributed by atoms with E-state index in [0.717, 1.165) is 25.7 Å². The van der Waals surface area contributed by atoms with Gasteiger partial charge in [-0.05, 0) is 55.4 Å². The van der Waals surface area contributed by atoms with Crippen LogP contribution in [-0.2, 0) is 21.7 Å². The van der Waals surface area contributed by atoms with Gasteiger partial charge in [0, 0.05) is 37.0 Å². The van der Waals surface area contributed by atoms with Crippen molar-refractivity contribution in [2.24, 2.45) is 11.8 Å². The van der Waals surface area contributed by atoms with Gasteiger partial charge in [0.2, 0.25) is 5.91 Å². The number of hydrogen-bond donors (Lipinski definition) is 1. The van der Waals surface area contributed by atoms with E-state index in [1.54, 1.807) is 30.6 Å². The predicted molar refractivity (Wildman–Crippen MR) is 123 cm³/mol. The van der Waals surface area contributed by atoms with E-state index in [0.29, 0.717) is 37.1 Å². The first kappa shape index (κ1) is 22.5. The molecule has 178 valence electrons. The average molecular weight is 465 g/mol. The Bertz CT molecular complexity index is 1060. The van der Waals surface area contributed by atoms with Gasteiger partial charge in [-0.15, -0.1) is 0 Å². The summed E-state index contributed by atoms with van der Waals surface area (Å²) in [7, 11) is 0. The second-order valence-corrected chi connectivity index (χ2v) is 9.58. The highest BCUT2D eigenvalue weighted by Gasteiger charge is 2.57. The number of rotatable bonds is 5. The van der Waals surface area contributed by atoms with E-state index in [1.807, 2.05) is 11.0 Å². The van der Waals surface area contributed by atoms with Crippen LogP contribution in [-0.4, -0.2) is 45.7 Å². The van der Waals surface area contributed by atoms with Crippen molar-refractivity contribution in [3.8, 4) is 0 Å². The summed E-state index contributed by atoms with van der Waals surface area (Å²) in [5.41, 5.74) is 0.0906. The molecule has 3 fully saturated rings. The van der Waals surface area contributed by atoms with Gasteiger partial charge in [0.05, 0.1) is 6.54 Å².